The fraction of sp³-hybridized carbons (Fsp3) is 0.385. The van der Waals surface area contributed by atoms with E-state index in [0.29, 0.717) is 24.3 Å². The van der Waals surface area contributed by atoms with Crippen molar-refractivity contribution in [2.75, 3.05) is 6.61 Å². The molecule has 0 saturated heterocycles. The van der Waals surface area contributed by atoms with Crippen LogP contribution >= 0.6 is 0 Å². The van der Waals surface area contributed by atoms with Crippen LogP contribution in [0.15, 0.2) is 24.3 Å². The number of aldehydes is 1. The molecule has 5 nitrogen and oxygen atoms in total. The van der Waals surface area contributed by atoms with Crippen molar-refractivity contribution >= 4 is 12.2 Å². The molecule has 98 valence electrons. The Morgan fingerprint density at radius 2 is 2.17 bits per heavy atom. The van der Waals surface area contributed by atoms with Crippen LogP contribution in [0.5, 0.6) is 5.75 Å². The summed E-state index contributed by atoms with van der Waals surface area (Å²) < 4.78 is 5.50. The molecular weight excluding hydrogens is 232 g/mol. The Morgan fingerprint density at radius 1 is 1.33 bits per heavy atom. The molecule has 18 heavy (non-hydrogen) atoms. The maximum Gasteiger partial charge on any atom is 0.233 e. The Balaban J connectivity index is 2.14. The highest BCUT2D eigenvalue weighted by atomic mass is 16.5. The number of ether oxygens (including phenoxy) is 1. The van der Waals surface area contributed by atoms with E-state index >= 15 is 0 Å². The molecule has 3 N–H and O–H groups in total. The van der Waals surface area contributed by atoms with Crippen LogP contribution in [0.25, 0.3) is 0 Å². The number of unbranched alkanes of at least 4 members (excludes halogenated alkanes) is 2. The van der Waals surface area contributed by atoms with E-state index in [1.165, 1.54) is 0 Å². The van der Waals surface area contributed by atoms with Crippen molar-refractivity contribution in [1.29, 1.82) is 0 Å². The lowest BCUT2D eigenvalue weighted by atomic mass is 10.2. The van der Waals surface area contributed by atoms with Gasteiger partial charge in [0.2, 0.25) is 5.91 Å². The van der Waals surface area contributed by atoms with E-state index < -0.39 is 0 Å². The van der Waals surface area contributed by atoms with Crippen molar-refractivity contribution < 1.29 is 14.3 Å². The Hall–Kier alpha value is -1.88. The van der Waals surface area contributed by atoms with Crippen molar-refractivity contribution in [3.05, 3.63) is 29.8 Å². The van der Waals surface area contributed by atoms with Crippen LogP contribution in [-0.2, 0) is 4.79 Å². The number of hydrazine groups is 1. The van der Waals surface area contributed by atoms with Gasteiger partial charge in [-0.25, -0.2) is 5.84 Å². The van der Waals surface area contributed by atoms with E-state index in [1.807, 2.05) is 6.07 Å². The van der Waals surface area contributed by atoms with Gasteiger partial charge in [-0.2, -0.15) is 0 Å². The summed E-state index contributed by atoms with van der Waals surface area (Å²) in [6.07, 6.45) is 3.79. The minimum Gasteiger partial charge on any atom is -0.494 e. The Bertz CT molecular complexity index is 394. The zero-order chi connectivity index (χ0) is 13.2. The van der Waals surface area contributed by atoms with Gasteiger partial charge in [0.25, 0.3) is 0 Å². The van der Waals surface area contributed by atoms with Gasteiger partial charge in [0.05, 0.1) is 6.61 Å². The zero-order valence-corrected chi connectivity index (χ0v) is 10.2. The predicted octanol–water partition coefficient (Wildman–Crippen LogP) is 1.43. The van der Waals surface area contributed by atoms with Gasteiger partial charge >= 0.3 is 0 Å². The SMILES string of the molecule is NNC(=O)CCCCCOc1cccc(C=O)c1. The van der Waals surface area contributed by atoms with Crippen LogP contribution in [-0.4, -0.2) is 18.8 Å². The zero-order valence-electron chi connectivity index (χ0n) is 10.2. The van der Waals surface area contributed by atoms with Gasteiger partial charge < -0.3 is 4.74 Å². The van der Waals surface area contributed by atoms with Crippen LogP contribution < -0.4 is 16.0 Å². The van der Waals surface area contributed by atoms with E-state index in [1.54, 1.807) is 18.2 Å². The summed E-state index contributed by atoms with van der Waals surface area (Å²) in [7, 11) is 0. The number of hydrogen-bond donors (Lipinski definition) is 2. The molecule has 1 amide bonds. The van der Waals surface area contributed by atoms with Crippen LogP contribution in [0.4, 0.5) is 0 Å². The third-order valence-electron chi connectivity index (χ3n) is 2.47. The fourth-order valence-corrected chi connectivity index (χ4v) is 1.50. The third-order valence-corrected chi connectivity index (χ3v) is 2.47. The largest absolute Gasteiger partial charge is 0.494 e. The number of nitrogens with one attached hydrogen (secondary N) is 1. The lowest BCUT2D eigenvalue weighted by Gasteiger charge is -2.06. The van der Waals surface area contributed by atoms with Gasteiger partial charge in [-0.15, -0.1) is 0 Å². The molecule has 1 rings (SSSR count). The Morgan fingerprint density at radius 3 is 2.89 bits per heavy atom. The summed E-state index contributed by atoms with van der Waals surface area (Å²) in [5.41, 5.74) is 2.69. The number of nitrogens with two attached hydrogens (primary N) is 1. The average molecular weight is 250 g/mol. The molecule has 0 aliphatic rings. The minimum absolute atomic E-state index is 0.144. The van der Waals surface area contributed by atoms with Gasteiger partial charge in [0, 0.05) is 12.0 Å². The molecule has 0 fully saturated rings. The highest BCUT2D eigenvalue weighted by molar-refractivity contribution is 5.75. The van der Waals surface area contributed by atoms with E-state index in [4.69, 9.17) is 10.6 Å². The second kappa shape index (κ2) is 8.25. The fourth-order valence-electron chi connectivity index (χ4n) is 1.50. The van der Waals surface area contributed by atoms with Crippen molar-refractivity contribution in [1.82, 2.24) is 5.43 Å². The van der Waals surface area contributed by atoms with Crippen LogP contribution in [0.2, 0.25) is 0 Å². The molecule has 0 aliphatic carbocycles. The first-order chi connectivity index (χ1) is 8.76. The molecule has 5 heteroatoms. The van der Waals surface area contributed by atoms with Crippen molar-refractivity contribution in [3.8, 4) is 5.75 Å². The lowest BCUT2D eigenvalue weighted by Crippen LogP contribution is -2.29. The van der Waals surface area contributed by atoms with Gasteiger partial charge in [-0.3, -0.25) is 15.0 Å². The van der Waals surface area contributed by atoms with E-state index in [2.05, 4.69) is 5.43 Å². The molecule has 0 saturated carbocycles. The maximum absolute atomic E-state index is 10.8. The van der Waals surface area contributed by atoms with Crippen LogP contribution in [0.1, 0.15) is 36.0 Å². The normalized spacial score (nSPS) is 9.83. The second-order valence-electron chi connectivity index (χ2n) is 3.92. The molecule has 0 aliphatic heterocycles. The summed E-state index contributed by atoms with van der Waals surface area (Å²) >= 11 is 0. The third kappa shape index (κ3) is 5.45. The first-order valence-corrected chi connectivity index (χ1v) is 5.93. The number of carbonyl (C=O) groups is 2. The highest BCUT2D eigenvalue weighted by Gasteiger charge is 1.99. The quantitative estimate of drug-likeness (QED) is 0.240. The lowest BCUT2D eigenvalue weighted by molar-refractivity contribution is -0.121. The number of carbonyl (C=O) groups excluding carboxylic acids is 2. The molecule has 0 heterocycles. The van der Waals surface area contributed by atoms with E-state index in [9.17, 15) is 9.59 Å². The number of rotatable bonds is 8. The molecule has 1 aromatic rings. The van der Waals surface area contributed by atoms with Gasteiger partial charge in [0.1, 0.15) is 12.0 Å². The van der Waals surface area contributed by atoms with Gasteiger partial charge in [-0.05, 0) is 31.4 Å². The average Bonchev–Trinajstić information content (AvgIpc) is 2.42. The summed E-state index contributed by atoms with van der Waals surface area (Å²) in [4.78, 5) is 21.4. The smallest absolute Gasteiger partial charge is 0.233 e. The van der Waals surface area contributed by atoms with Crippen LogP contribution in [0.3, 0.4) is 0 Å². The molecule has 0 aromatic heterocycles. The Kier molecular flexibility index (Phi) is 6.50. The maximum atomic E-state index is 10.8. The van der Waals surface area contributed by atoms with E-state index in [-0.39, 0.29) is 5.91 Å². The highest BCUT2D eigenvalue weighted by Crippen LogP contribution is 2.12. The molecule has 0 bridgehead atoms. The number of hydrogen-bond acceptors (Lipinski definition) is 4. The van der Waals surface area contributed by atoms with Crippen molar-refractivity contribution in [2.24, 2.45) is 5.84 Å². The monoisotopic (exact) mass is 250 g/mol. The summed E-state index contributed by atoms with van der Waals surface area (Å²) in [5.74, 6) is 5.51. The molecular formula is C13H18N2O3. The number of amides is 1. The molecule has 0 radical (unpaired) electrons. The molecule has 0 unspecified atom stereocenters. The van der Waals surface area contributed by atoms with Crippen molar-refractivity contribution in [3.63, 3.8) is 0 Å². The molecule has 0 atom stereocenters. The summed E-state index contributed by atoms with van der Waals surface area (Å²) in [5, 5.41) is 0. The van der Waals surface area contributed by atoms with Crippen LogP contribution in [0, 0.1) is 0 Å². The Labute approximate surface area is 106 Å². The molecule has 1 aromatic carbocycles. The topological polar surface area (TPSA) is 81.4 Å². The van der Waals surface area contributed by atoms with Gasteiger partial charge in [-0.1, -0.05) is 12.1 Å². The number of benzene rings is 1. The first kappa shape index (κ1) is 14.2. The minimum atomic E-state index is -0.144. The van der Waals surface area contributed by atoms with E-state index in [0.717, 1.165) is 25.5 Å². The summed E-state index contributed by atoms with van der Waals surface area (Å²) in [6, 6.07) is 7.03. The standard InChI is InChI=1S/C13H18N2O3/c14-15-13(17)7-2-1-3-8-18-12-6-4-5-11(9-12)10-16/h4-6,9-10H,1-3,7-8,14H2,(H,15,17). The van der Waals surface area contributed by atoms with Gasteiger partial charge in [0.15, 0.2) is 0 Å². The molecule has 0 spiro atoms. The van der Waals surface area contributed by atoms with Crippen molar-refractivity contribution in [2.45, 2.75) is 25.7 Å². The second-order valence-corrected chi connectivity index (χ2v) is 3.92. The summed E-state index contributed by atoms with van der Waals surface area (Å²) in [6.45, 7) is 0.576. The first-order valence-electron chi connectivity index (χ1n) is 5.93. The predicted molar refractivity (Wildman–Crippen MR) is 68.1 cm³/mol.